The maximum atomic E-state index is 5.80. The molecular weight excluding hydrogens is 278 g/mol. The molecule has 1 rings (SSSR count). The van der Waals surface area contributed by atoms with Crippen LogP contribution in [0.1, 0.15) is 51.5 Å². The van der Waals surface area contributed by atoms with E-state index in [-0.39, 0.29) is 0 Å². The summed E-state index contributed by atoms with van der Waals surface area (Å²) in [5, 5.41) is 0. The summed E-state index contributed by atoms with van der Waals surface area (Å²) in [5.74, 6) is 0. The van der Waals surface area contributed by atoms with E-state index in [4.69, 9.17) is 4.74 Å². The molecule has 3 heteroatoms. The topological polar surface area (TPSA) is 22.1 Å². The number of hydrogen-bond acceptors (Lipinski definition) is 2. The molecule has 1 heterocycles. The SMILES string of the molecule is CCCCCCC(C)OCc1cncc(Br)c1. The number of rotatable bonds is 8. The Kier molecular flexibility index (Phi) is 7.45. The summed E-state index contributed by atoms with van der Waals surface area (Å²) in [5.41, 5.74) is 1.12. The first kappa shape index (κ1) is 14.7. The molecule has 0 amide bonds. The van der Waals surface area contributed by atoms with E-state index in [0.717, 1.165) is 16.5 Å². The highest BCUT2D eigenvalue weighted by Gasteiger charge is 2.03. The molecule has 0 saturated carbocycles. The Bertz CT molecular complexity index is 317. The lowest BCUT2D eigenvalue weighted by Crippen LogP contribution is -2.08. The number of pyridine rings is 1. The molecule has 0 fully saturated rings. The molecule has 0 aromatic carbocycles. The van der Waals surface area contributed by atoms with Crippen molar-refractivity contribution in [1.29, 1.82) is 0 Å². The molecule has 0 N–H and O–H groups in total. The molecule has 0 radical (unpaired) electrons. The maximum absolute atomic E-state index is 5.80. The third kappa shape index (κ3) is 6.79. The van der Waals surface area contributed by atoms with Crippen LogP contribution >= 0.6 is 15.9 Å². The van der Waals surface area contributed by atoms with Crippen molar-refractivity contribution in [2.75, 3.05) is 0 Å². The molecule has 1 aromatic rings. The van der Waals surface area contributed by atoms with E-state index in [0.29, 0.717) is 12.7 Å². The zero-order chi connectivity index (χ0) is 12.5. The second-order valence-electron chi connectivity index (χ2n) is 4.48. The van der Waals surface area contributed by atoms with Gasteiger partial charge >= 0.3 is 0 Å². The van der Waals surface area contributed by atoms with Gasteiger partial charge in [0.2, 0.25) is 0 Å². The zero-order valence-corrected chi connectivity index (χ0v) is 12.4. The van der Waals surface area contributed by atoms with Crippen LogP contribution in [0.4, 0.5) is 0 Å². The molecule has 0 aliphatic rings. The molecule has 2 nitrogen and oxygen atoms in total. The Morgan fingerprint density at radius 1 is 1.29 bits per heavy atom. The molecule has 0 spiro atoms. The summed E-state index contributed by atoms with van der Waals surface area (Å²) >= 11 is 3.41. The summed E-state index contributed by atoms with van der Waals surface area (Å²) in [6, 6.07) is 2.05. The summed E-state index contributed by atoms with van der Waals surface area (Å²) in [6.07, 6.45) is 10.4. The average molecular weight is 300 g/mol. The molecule has 17 heavy (non-hydrogen) atoms. The number of nitrogens with zero attached hydrogens (tertiary/aromatic N) is 1. The molecule has 1 atom stereocenters. The van der Waals surface area contributed by atoms with E-state index in [1.165, 1.54) is 25.7 Å². The van der Waals surface area contributed by atoms with Crippen molar-refractivity contribution in [3.8, 4) is 0 Å². The Labute approximate surface area is 113 Å². The normalized spacial score (nSPS) is 12.6. The zero-order valence-electron chi connectivity index (χ0n) is 10.8. The minimum absolute atomic E-state index is 0.339. The smallest absolute Gasteiger partial charge is 0.0735 e. The van der Waals surface area contributed by atoms with Crippen molar-refractivity contribution in [1.82, 2.24) is 4.98 Å². The van der Waals surface area contributed by atoms with Gasteiger partial charge in [0.1, 0.15) is 0 Å². The predicted molar refractivity (Wildman–Crippen MR) is 74.9 cm³/mol. The predicted octanol–water partition coefficient (Wildman–Crippen LogP) is 4.72. The standard InChI is InChI=1S/C14H22BrNO/c1-3-4-5-6-7-12(2)17-11-13-8-14(15)10-16-9-13/h8-10,12H,3-7,11H2,1-2H3. The first-order valence-electron chi connectivity index (χ1n) is 6.43. The maximum Gasteiger partial charge on any atom is 0.0735 e. The first-order valence-corrected chi connectivity index (χ1v) is 7.22. The summed E-state index contributed by atoms with van der Waals surface area (Å²) < 4.78 is 6.81. The van der Waals surface area contributed by atoms with Gasteiger partial charge in [-0.05, 0) is 40.9 Å². The molecule has 0 aliphatic carbocycles. The molecule has 0 saturated heterocycles. The fraction of sp³-hybridized carbons (Fsp3) is 0.643. The number of ether oxygens (including phenoxy) is 1. The van der Waals surface area contributed by atoms with Gasteiger partial charge in [-0.2, -0.15) is 0 Å². The Morgan fingerprint density at radius 2 is 2.12 bits per heavy atom. The van der Waals surface area contributed by atoms with Crippen molar-refractivity contribution in [2.45, 2.75) is 58.7 Å². The van der Waals surface area contributed by atoms with Gasteiger partial charge in [-0.1, -0.05) is 32.6 Å². The van der Waals surface area contributed by atoms with Crippen LogP contribution in [0.5, 0.6) is 0 Å². The van der Waals surface area contributed by atoms with Gasteiger partial charge in [0.15, 0.2) is 0 Å². The fourth-order valence-electron chi connectivity index (χ4n) is 1.72. The van der Waals surface area contributed by atoms with Gasteiger partial charge in [-0.15, -0.1) is 0 Å². The molecule has 1 aromatic heterocycles. The first-order chi connectivity index (χ1) is 8.22. The lowest BCUT2D eigenvalue weighted by Gasteiger charge is -2.12. The van der Waals surface area contributed by atoms with Crippen LogP contribution in [-0.4, -0.2) is 11.1 Å². The van der Waals surface area contributed by atoms with Crippen LogP contribution in [0.3, 0.4) is 0 Å². The van der Waals surface area contributed by atoms with E-state index < -0.39 is 0 Å². The van der Waals surface area contributed by atoms with Crippen molar-refractivity contribution < 1.29 is 4.74 Å². The number of hydrogen-bond donors (Lipinski definition) is 0. The van der Waals surface area contributed by atoms with Crippen LogP contribution in [-0.2, 0) is 11.3 Å². The van der Waals surface area contributed by atoms with E-state index in [1.807, 2.05) is 6.20 Å². The minimum Gasteiger partial charge on any atom is -0.374 e. The second-order valence-corrected chi connectivity index (χ2v) is 5.40. The number of aromatic nitrogens is 1. The Hall–Kier alpha value is -0.410. The summed E-state index contributed by atoms with van der Waals surface area (Å²) in [7, 11) is 0. The molecular formula is C14H22BrNO. The molecule has 1 unspecified atom stereocenters. The third-order valence-electron chi connectivity index (χ3n) is 2.76. The number of halogens is 1. The van der Waals surface area contributed by atoms with Gasteiger partial charge in [-0.3, -0.25) is 4.98 Å². The van der Waals surface area contributed by atoms with Crippen LogP contribution < -0.4 is 0 Å². The van der Waals surface area contributed by atoms with Crippen LogP contribution in [0.2, 0.25) is 0 Å². The van der Waals surface area contributed by atoms with Crippen LogP contribution in [0.25, 0.3) is 0 Å². The van der Waals surface area contributed by atoms with Crippen LogP contribution in [0.15, 0.2) is 22.9 Å². The molecule has 96 valence electrons. The third-order valence-corrected chi connectivity index (χ3v) is 3.19. The van der Waals surface area contributed by atoms with Gasteiger partial charge in [0, 0.05) is 16.9 Å². The lowest BCUT2D eigenvalue weighted by molar-refractivity contribution is 0.0457. The second kappa shape index (κ2) is 8.65. The van der Waals surface area contributed by atoms with Crippen LogP contribution in [0, 0.1) is 0 Å². The van der Waals surface area contributed by atoms with Crippen molar-refractivity contribution in [2.24, 2.45) is 0 Å². The Balaban J connectivity index is 2.17. The summed E-state index contributed by atoms with van der Waals surface area (Å²) in [4.78, 5) is 4.12. The van der Waals surface area contributed by atoms with E-state index in [2.05, 4.69) is 40.8 Å². The fourth-order valence-corrected chi connectivity index (χ4v) is 2.13. The van der Waals surface area contributed by atoms with Gasteiger partial charge in [-0.25, -0.2) is 0 Å². The molecule has 0 aliphatic heterocycles. The minimum atomic E-state index is 0.339. The monoisotopic (exact) mass is 299 g/mol. The Morgan fingerprint density at radius 3 is 2.82 bits per heavy atom. The van der Waals surface area contributed by atoms with Gasteiger partial charge < -0.3 is 4.74 Å². The number of unbranched alkanes of at least 4 members (excludes halogenated alkanes) is 3. The van der Waals surface area contributed by atoms with Gasteiger partial charge in [0.25, 0.3) is 0 Å². The van der Waals surface area contributed by atoms with Crippen molar-refractivity contribution in [3.05, 3.63) is 28.5 Å². The van der Waals surface area contributed by atoms with E-state index >= 15 is 0 Å². The van der Waals surface area contributed by atoms with E-state index in [9.17, 15) is 0 Å². The largest absolute Gasteiger partial charge is 0.374 e. The highest BCUT2D eigenvalue weighted by atomic mass is 79.9. The highest BCUT2D eigenvalue weighted by Crippen LogP contribution is 2.13. The van der Waals surface area contributed by atoms with E-state index in [1.54, 1.807) is 6.20 Å². The average Bonchev–Trinajstić information content (AvgIpc) is 2.32. The summed E-state index contributed by atoms with van der Waals surface area (Å²) in [6.45, 7) is 5.04. The lowest BCUT2D eigenvalue weighted by atomic mass is 10.1. The quantitative estimate of drug-likeness (QED) is 0.648. The highest BCUT2D eigenvalue weighted by molar-refractivity contribution is 9.10. The molecule has 0 bridgehead atoms. The van der Waals surface area contributed by atoms with Crippen molar-refractivity contribution in [3.63, 3.8) is 0 Å². The van der Waals surface area contributed by atoms with Gasteiger partial charge in [0.05, 0.1) is 12.7 Å². The van der Waals surface area contributed by atoms with Crippen molar-refractivity contribution >= 4 is 15.9 Å².